The average molecular weight is 805 g/mol. The maximum absolute atomic E-state index is 14.3. The van der Waals surface area contributed by atoms with Crippen molar-refractivity contribution in [1.82, 2.24) is 30.2 Å². The van der Waals surface area contributed by atoms with Crippen molar-refractivity contribution in [2.24, 2.45) is 11.3 Å². The SMILES string of the molecule is C=CC1C[C@]1(NC(=O)[C@@H]1C[C@@H](OC(=O)Nc2nc(Cl)c(Cl)nc2C(=O)OC)CN1C(=O)[C@@H](NC(=O)OC(C)(C)C)C(C)(C)C)C(=O)NS(=O)(=O)C1CC1. The number of esters is 1. The Hall–Kier alpha value is -4.23. The van der Waals surface area contributed by atoms with Crippen molar-refractivity contribution in [2.75, 3.05) is 19.0 Å². The van der Waals surface area contributed by atoms with Gasteiger partial charge in [-0.3, -0.25) is 24.4 Å². The van der Waals surface area contributed by atoms with E-state index in [2.05, 4.69) is 42.0 Å². The van der Waals surface area contributed by atoms with E-state index in [1.165, 1.54) is 6.08 Å². The van der Waals surface area contributed by atoms with Gasteiger partial charge in [-0.25, -0.2) is 32.8 Å². The van der Waals surface area contributed by atoms with E-state index < -0.39 is 103 Å². The number of ether oxygens (including phenoxy) is 3. The molecule has 1 aromatic rings. The number of carbonyl (C=O) groups is 6. The van der Waals surface area contributed by atoms with Gasteiger partial charge in [0.1, 0.15) is 29.3 Å². The van der Waals surface area contributed by atoms with Crippen LogP contribution in [-0.2, 0) is 38.6 Å². The number of carbonyl (C=O) groups excluding carboxylic acids is 6. The number of nitrogens with zero attached hydrogens (tertiary/aromatic N) is 3. The molecule has 53 heavy (non-hydrogen) atoms. The van der Waals surface area contributed by atoms with Crippen LogP contribution >= 0.6 is 23.2 Å². The highest BCUT2D eigenvalue weighted by molar-refractivity contribution is 7.91. The number of anilines is 1. The van der Waals surface area contributed by atoms with Crippen LogP contribution in [0.2, 0.25) is 10.3 Å². The first-order valence-corrected chi connectivity index (χ1v) is 18.8. The van der Waals surface area contributed by atoms with Crippen molar-refractivity contribution < 1.29 is 51.4 Å². The van der Waals surface area contributed by atoms with Gasteiger partial charge in [0, 0.05) is 12.3 Å². The van der Waals surface area contributed by atoms with Crippen LogP contribution in [0, 0.1) is 11.3 Å². The molecule has 1 aliphatic heterocycles. The number of nitrogens with one attached hydrogen (secondary N) is 4. The van der Waals surface area contributed by atoms with E-state index in [9.17, 15) is 37.2 Å². The number of likely N-dealkylation sites (tertiary alicyclic amines) is 1. The Kier molecular flexibility index (Phi) is 12.0. The minimum atomic E-state index is -3.98. The standard InChI is InChI=1S/C32H43Cl2N7O11S/c1-9-15-13-32(15,27(45)40-53(48,49)17-10-11-17)39-24(42)18-12-16(51-28(46)38-23-19(26(44)50-8)35-21(33)22(34)37-23)14-41(18)25(43)20(30(2,3)4)36-29(47)52-31(5,6)7/h9,15-18,20H,1,10-14H2,2-8H3,(H,36,47)(H,39,42)(H,40,45)(H,37,38,46)/t15?,16-,18+,20-,32-/m1/s1. The van der Waals surface area contributed by atoms with Crippen molar-refractivity contribution in [3.63, 3.8) is 0 Å². The van der Waals surface area contributed by atoms with E-state index in [0.29, 0.717) is 12.8 Å². The van der Waals surface area contributed by atoms with Crippen molar-refractivity contribution in [3.8, 4) is 0 Å². The van der Waals surface area contributed by atoms with Crippen LogP contribution in [0.4, 0.5) is 15.4 Å². The lowest BCUT2D eigenvalue weighted by Crippen LogP contribution is -2.60. The molecule has 5 atom stereocenters. The molecule has 18 nitrogen and oxygen atoms in total. The Morgan fingerprint density at radius 1 is 1.02 bits per heavy atom. The highest BCUT2D eigenvalue weighted by Crippen LogP contribution is 2.45. The van der Waals surface area contributed by atoms with Crippen LogP contribution < -0.4 is 20.7 Å². The van der Waals surface area contributed by atoms with Gasteiger partial charge in [-0.05, 0) is 45.4 Å². The quantitative estimate of drug-likeness (QED) is 0.143. The van der Waals surface area contributed by atoms with E-state index in [-0.39, 0.29) is 29.7 Å². The highest BCUT2D eigenvalue weighted by Gasteiger charge is 2.62. The van der Waals surface area contributed by atoms with Gasteiger partial charge in [0.25, 0.3) is 5.91 Å². The minimum Gasteiger partial charge on any atom is -0.464 e. The zero-order valence-electron chi connectivity index (χ0n) is 30.2. The number of amides is 5. The second kappa shape index (κ2) is 15.3. The summed E-state index contributed by atoms with van der Waals surface area (Å²) in [5, 5.41) is 6.04. The van der Waals surface area contributed by atoms with Crippen LogP contribution in [0.5, 0.6) is 0 Å². The van der Waals surface area contributed by atoms with E-state index >= 15 is 0 Å². The van der Waals surface area contributed by atoms with Gasteiger partial charge in [-0.2, -0.15) is 0 Å². The van der Waals surface area contributed by atoms with Gasteiger partial charge in [0.15, 0.2) is 21.8 Å². The molecular weight excluding hydrogens is 761 g/mol. The van der Waals surface area contributed by atoms with Crippen LogP contribution in [0.25, 0.3) is 0 Å². The Balaban J connectivity index is 1.62. The van der Waals surface area contributed by atoms with Gasteiger partial charge in [-0.1, -0.05) is 50.0 Å². The Bertz CT molecular complexity index is 1810. The third-order valence-corrected chi connectivity index (χ3v) is 11.0. The fourth-order valence-electron chi connectivity index (χ4n) is 5.63. The summed E-state index contributed by atoms with van der Waals surface area (Å²) >= 11 is 11.8. The summed E-state index contributed by atoms with van der Waals surface area (Å²) in [6, 6.07) is -2.66. The molecule has 0 aromatic carbocycles. The van der Waals surface area contributed by atoms with Crippen LogP contribution in [0.15, 0.2) is 12.7 Å². The summed E-state index contributed by atoms with van der Waals surface area (Å²) in [5.74, 6) is -4.65. The monoisotopic (exact) mass is 803 g/mol. The summed E-state index contributed by atoms with van der Waals surface area (Å²) in [4.78, 5) is 88.8. The molecular formula is C32H43Cl2N7O11S. The molecule has 1 saturated heterocycles. The highest BCUT2D eigenvalue weighted by atomic mass is 35.5. The molecule has 2 aliphatic carbocycles. The molecule has 2 saturated carbocycles. The van der Waals surface area contributed by atoms with Gasteiger partial charge in [0.05, 0.1) is 18.9 Å². The zero-order chi connectivity index (χ0) is 39.8. The van der Waals surface area contributed by atoms with E-state index in [4.69, 9.17) is 32.7 Å². The third kappa shape index (κ3) is 9.85. The molecule has 3 fully saturated rings. The second-order valence-corrected chi connectivity index (χ2v) is 17.7. The fourth-order valence-corrected chi connectivity index (χ4v) is 7.25. The molecule has 1 unspecified atom stereocenters. The summed E-state index contributed by atoms with van der Waals surface area (Å²) in [6.07, 6.45) is -1.33. The molecule has 0 radical (unpaired) electrons. The number of sulfonamides is 1. The Morgan fingerprint density at radius 3 is 2.17 bits per heavy atom. The first kappa shape index (κ1) is 41.5. The van der Waals surface area contributed by atoms with Gasteiger partial charge < -0.3 is 29.7 Å². The second-order valence-electron chi connectivity index (χ2n) is 15.0. The van der Waals surface area contributed by atoms with E-state index in [1.807, 2.05) is 0 Å². The maximum atomic E-state index is 14.3. The molecule has 5 amide bonds. The molecule has 3 aliphatic rings. The summed E-state index contributed by atoms with van der Waals surface area (Å²) in [5.41, 5.74) is -4.02. The number of hydrogen-bond acceptors (Lipinski definition) is 13. The molecule has 292 valence electrons. The number of methoxy groups -OCH3 is 1. The van der Waals surface area contributed by atoms with Gasteiger partial charge in [-0.15, -0.1) is 6.58 Å². The first-order chi connectivity index (χ1) is 24.4. The largest absolute Gasteiger partial charge is 0.464 e. The number of rotatable bonds is 11. The van der Waals surface area contributed by atoms with Crippen LogP contribution in [-0.4, -0.2) is 107 Å². The van der Waals surface area contributed by atoms with E-state index in [0.717, 1.165) is 12.0 Å². The lowest BCUT2D eigenvalue weighted by atomic mass is 9.85. The molecule has 1 aromatic heterocycles. The topological polar surface area (TPSA) is 241 Å². The fraction of sp³-hybridized carbons (Fsp3) is 0.625. The lowest BCUT2D eigenvalue weighted by Gasteiger charge is -2.36. The molecule has 2 heterocycles. The number of alkyl carbamates (subject to hydrolysis) is 1. The van der Waals surface area contributed by atoms with Crippen molar-refractivity contribution >= 4 is 74.9 Å². The molecule has 0 bridgehead atoms. The third-order valence-electron chi connectivity index (χ3n) is 8.56. The van der Waals surface area contributed by atoms with Crippen molar-refractivity contribution in [3.05, 3.63) is 28.7 Å². The van der Waals surface area contributed by atoms with Gasteiger partial charge in [0.2, 0.25) is 21.8 Å². The maximum Gasteiger partial charge on any atom is 0.413 e. The van der Waals surface area contributed by atoms with Gasteiger partial charge >= 0.3 is 18.2 Å². The number of hydrogen-bond donors (Lipinski definition) is 4. The normalized spacial score (nSPS) is 23.2. The molecule has 4 rings (SSSR count). The molecule has 4 N–H and O–H groups in total. The van der Waals surface area contributed by atoms with Crippen molar-refractivity contribution in [2.45, 2.75) is 102 Å². The van der Waals surface area contributed by atoms with Crippen LogP contribution in [0.1, 0.15) is 77.7 Å². The zero-order valence-corrected chi connectivity index (χ0v) is 32.5. The Labute approximate surface area is 316 Å². The summed E-state index contributed by atoms with van der Waals surface area (Å²) in [6.45, 7) is 13.3. The van der Waals surface area contributed by atoms with E-state index in [1.54, 1.807) is 41.5 Å². The smallest absolute Gasteiger partial charge is 0.413 e. The first-order valence-electron chi connectivity index (χ1n) is 16.5. The summed E-state index contributed by atoms with van der Waals surface area (Å²) < 4.78 is 42.9. The van der Waals surface area contributed by atoms with Crippen molar-refractivity contribution in [1.29, 1.82) is 0 Å². The predicted molar refractivity (Wildman–Crippen MR) is 189 cm³/mol. The minimum absolute atomic E-state index is 0.0370. The summed E-state index contributed by atoms with van der Waals surface area (Å²) in [7, 11) is -2.92. The lowest BCUT2D eigenvalue weighted by molar-refractivity contribution is -0.143. The Morgan fingerprint density at radius 2 is 1.64 bits per heavy atom. The predicted octanol–water partition coefficient (Wildman–Crippen LogP) is 2.70. The average Bonchev–Trinajstić information content (AvgIpc) is 3.96. The van der Waals surface area contributed by atoms with Crippen LogP contribution in [0.3, 0.4) is 0 Å². The number of halogens is 2. The molecule has 21 heteroatoms. The number of aromatic nitrogens is 2. The molecule has 0 spiro atoms.